The van der Waals surface area contributed by atoms with Crippen LogP contribution in [0.25, 0.3) is 5.57 Å². The zero-order chi connectivity index (χ0) is 30.5. The molecule has 1 aromatic carbocycles. The molecule has 1 aromatic heterocycles. The van der Waals surface area contributed by atoms with Gasteiger partial charge in [0.05, 0.1) is 32.1 Å². The Morgan fingerprint density at radius 3 is 1.98 bits per heavy atom. The van der Waals surface area contributed by atoms with Crippen LogP contribution in [0, 0.1) is 37.3 Å². The predicted octanol–water partition coefficient (Wildman–Crippen LogP) is 3.90. The molecule has 2 heterocycles. The molecule has 0 fully saturated rings. The second-order valence-corrected chi connectivity index (χ2v) is 9.78. The first-order valence-electron chi connectivity index (χ1n) is 13.9. The Bertz CT molecular complexity index is 1430. The normalized spacial score (nSPS) is 13.4. The van der Waals surface area contributed by atoms with Crippen molar-refractivity contribution in [1.29, 1.82) is 0 Å². The van der Waals surface area contributed by atoms with Crippen molar-refractivity contribution in [3.8, 4) is 23.5 Å². The molecule has 42 heavy (non-hydrogen) atoms. The van der Waals surface area contributed by atoms with Crippen molar-refractivity contribution < 1.29 is 23.7 Å². The molecule has 8 nitrogen and oxygen atoms in total. The number of benzene rings is 1. The number of aliphatic imine (C=N–C) groups is 1. The number of ether oxygens (including phenoxy) is 4. The summed E-state index contributed by atoms with van der Waals surface area (Å²) >= 11 is 0. The fourth-order valence-electron chi connectivity index (χ4n) is 4.69. The summed E-state index contributed by atoms with van der Waals surface area (Å²) in [6.07, 6.45) is 2.08. The first-order chi connectivity index (χ1) is 20.3. The highest BCUT2D eigenvalue weighted by Crippen LogP contribution is 2.36. The largest absolute Gasteiger partial charge is 0.433 e. The zero-order valence-corrected chi connectivity index (χ0v) is 25.7. The molecule has 0 spiro atoms. The molecule has 0 aliphatic carbocycles. The number of allylic oxidation sites excluding steroid dienone is 2. The number of aryl methyl sites for hydroxylation is 2. The monoisotopic (exact) mass is 569 g/mol. The maximum absolute atomic E-state index is 12.3. The number of rotatable bonds is 12. The second-order valence-electron chi connectivity index (χ2n) is 9.78. The van der Waals surface area contributed by atoms with E-state index in [1.807, 2.05) is 31.2 Å². The van der Waals surface area contributed by atoms with Crippen molar-refractivity contribution in [2.75, 3.05) is 60.9 Å². The summed E-state index contributed by atoms with van der Waals surface area (Å²) in [6, 6.07) is 9.74. The summed E-state index contributed by atoms with van der Waals surface area (Å²) in [5, 5.41) is 2.69. The van der Waals surface area contributed by atoms with Crippen LogP contribution in [0.5, 0.6) is 0 Å². The molecule has 2 aromatic rings. The van der Waals surface area contributed by atoms with Crippen molar-refractivity contribution in [1.82, 2.24) is 9.79 Å². The topological polar surface area (TPSA) is 83.3 Å². The van der Waals surface area contributed by atoms with Crippen molar-refractivity contribution in [2.24, 2.45) is 4.99 Å². The van der Waals surface area contributed by atoms with E-state index >= 15 is 0 Å². The number of carbonyl (C=O) groups is 1. The van der Waals surface area contributed by atoms with E-state index in [1.165, 1.54) is 0 Å². The number of nitrogens with zero attached hydrogens (tertiary/aromatic N) is 2. The Kier molecular flexibility index (Phi) is 12.9. The minimum absolute atomic E-state index is 0.136. The average molecular weight is 570 g/mol. The fraction of sp³-hybridized carbons (Fsp3) is 0.394. The van der Waals surface area contributed by atoms with E-state index in [4.69, 9.17) is 23.9 Å². The van der Waals surface area contributed by atoms with E-state index < -0.39 is 6.85 Å². The molecule has 1 N–H and O–H groups in total. The van der Waals surface area contributed by atoms with Gasteiger partial charge in [0.25, 0.3) is 5.91 Å². The summed E-state index contributed by atoms with van der Waals surface area (Å²) in [5.41, 5.74) is 8.41. The maximum Gasteiger partial charge on any atom is 0.433 e. The number of aromatic nitrogens is 1. The highest BCUT2D eigenvalue weighted by atomic mass is 16.5. The van der Waals surface area contributed by atoms with E-state index in [1.54, 1.807) is 21.3 Å². The number of methoxy groups -OCH3 is 2. The molecular formula is C33H40BN3O5. The van der Waals surface area contributed by atoms with Gasteiger partial charge >= 0.3 is 6.85 Å². The summed E-state index contributed by atoms with van der Waals surface area (Å²) in [7, 11) is 4.90. The summed E-state index contributed by atoms with van der Waals surface area (Å²) in [5.74, 6) is 12.8. The standard InChI is InChI=1S/C33H40BN3O5/c1-24-22-26(3)36-31(24)30(28-10-12-29(13-11-28)33(38)35-5)32-25(2)23-27(4)37(32)34(14-8-16-41-20-18-39-6)15-9-17-42-21-19-40-7/h10-13,22-23H,16-21H2,1-7H3,(H,35,38)/b31-30-. The van der Waals surface area contributed by atoms with Gasteiger partial charge in [-0.25, -0.2) is 0 Å². The SMILES string of the molecule is CNC(=O)c1ccc(/C(=C2/N=C(C)C=C2C)c2c(C)cc(C)n2B(C#CCOCCOC)C#CCOCCOC)cc1. The van der Waals surface area contributed by atoms with Gasteiger partial charge in [-0.2, -0.15) is 0 Å². The van der Waals surface area contributed by atoms with E-state index in [9.17, 15) is 4.79 Å². The van der Waals surface area contributed by atoms with Crippen LogP contribution in [0.2, 0.25) is 0 Å². The van der Waals surface area contributed by atoms with Gasteiger partial charge in [0.1, 0.15) is 13.2 Å². The highest BCUT2D eigenvalue weighted by Gasteiger charge is 2.27. The van der Waals surface area contributed by atoms with Crippen LogP contribution >= 0.6 is 0 Å². The molecule has 0 saturated heterocycles. The highest BCUT2D eigenvalue weighted by molar-refractivity contribution is 6.74. The molecule has 220 valence electrons. The van der Waals surface area contributed by atoms with Crippen LogP contribution in [0.15, 0.2) is 52.7 Å². The first kappa shape index (κ1) is 32.7. The van der Waals surface area contributed by atoms with E-state index in [2.05, 4.69) is 66.2 Å². The van der Waals surface area contributed by atoms with Gasteiger partial charge in [-0.1, -0.05) is 24.0 Å². The van der Waals surface area contributed by atoms with Crippen LogP contribution in [0.3, 0.4) is 0 Å². The first-order valence-corrected chi connectivity index (χ1v) is 13.9. The van der Waals surface area contributed by atoms with Crippen molar-refractivity contribution in [2.45, 2.75) is 27.7 Å². The number of hydrogen-bond donors (Lipinski definition) is 1. The Balaban J connectivity index is 2.16. The molecule has 0 unspecified atom stereocenters. The predicted molar refractivity (Wildman–Crippen MR) is 169 cm³/mol. The molecular weight excluding hydrogens is 529 g/mol. The number of amides is 1. The van der Waals surface area contributed by atoms with Crippen LogP contribution in [-0.4, -0.2) is 83.9 Å². The minimum atomic E-state index is -0.470. The van der Waals surface area contributed by atoms with Crippen LogP contribution in [-0.2, 0) is 18.9 Å². The van der Waals surface area contributed by atoms with Gasteiger partial charge in [-0.3, -0.25) is 9.79 Å². The Morgan fingerprint density at radius 2 is 1.48 bits per heavy atom. The number of nitrogens with one attached hydrogen (secondary N) is 1. The second kappa shape index (κ2) is 16.6. The molecule has 1 aliphatic rings. The molecule has 0 radical (unpaired) electrons. The van der Waals surface area contributed by atoms with Gasteiger partial charge < -0.3 is 28.7 Å². The lowest BCUT2D eigenvalue weighted by Crippen LogP contribution is -2.26. The van der Waals surface area contributed by atoms with Crippen molar-refractivity contribution in [3.63, 3.8) is 0 Å². The fourth-order valence-corrected chi connectivity index (χ4v) is 4.69. The molecule has 0 saturated carbocycles. The Labute approximate surface area is 250 Å². The molecule has 0 bridgehead atoms. The van der Waals surface area contributed by atoms with Crippen molar-refractivity contribution >= 4 is 24.0 Å². The van der Waals surface area contributed by atoms with Crippen LogP contribution < -0.4 is 5.32 Å². The van der Waals surface area contributed by atoms with Gasteiger partial charge in [-0.05, 0) is 68.7 Å². The zero-order valence-electron chi connectivity index (χ0n) is 25.7. The van der Waals surface area contributed by atoms with Gasteiger partial charge in [0, 0.05) is 49.5 Å². The molecule has 0 atom stereocenters. The minimum Gasteiger partial charge on any atom is -0.382 e. The van der Waals surface area contributed by atoms with Gasteiger partial charge in [0.15, 0.2) is 0 Å². The van der Waals surface area contributed by atoms with E-state index in [0.717, 1.165) is 45.1 Å². The average Bonchev–Trinajstić information content (AvgIpc) is 3.47. The molecule has 1 aliphatic heterocycles. The summed E-state index contributed by atoms with van der Waals surface area (Å²) in [6.45, 7) is 10.2. The van der Waals surface area contributed by atoms with Crippen LogP contribution in [0.1, 0.15) is 46.7 Å². The molecule has 1 amide bonds. The Hall–Kier alpha value is -3.86. The third kappa shape index (κ3) is 8.58. The smallest absolute Gasteiger partial charge is 0.382 e. The number of carbonyl (C=O) groups excluding carboxylic acids is 1. The summed E-state index contributed by atoms with van der Waals surface area (Å²) < 4.78 is 23.5. The number of hydrogen-bond acceptors (Lipinski definition) is 6. The van der Waals surface area contributed by atoms with Gasteiger partial charge in [-0.15, -0.1) is 11.6 Å². The van der Waals surface area contributed by atoms with E-state index in [0.29, 0.717) is 32.0 Å². The van der Waals surface area contributed by atoms with Crippen molar-refractivity contribution in [3.05, 3.63) is 75.8 Å². The summed E-state index contributed by atoms with van der Waals surface area (Å²) in [4.78, 5) is 17.2. The Morgan fingerprint density at radius 1 is 0.905 bits per heavy atom. The quantitative estimate of drug-likeness (QED) is 0.238. The van der Waals surface area contributed by atoms with Gasteiger partial charge in [0.2, 0.25) is 0 Å². The third-order valence-corrected chi connectivity index (χ3v) is 6.59. The maximum atomic E-state index is 12.3. The molecule has 3 rings (SSSR count). The lowest BCUT2D eigenvalue weighted by Gasteiger charge is -2.19. The molecule has 9 heteroatoms. The van der Waals surface area contributed by atoms with Crippen LogP contribution in [0.4, 0.5) is 0 Å². The van der Waals surface area contributed by atoms with E-state index in [-0.39, 0.29) is 19.1 Å². The lowest BCUT2D eigenvalue weighted by atomic mass is 9.63. The third-order valence-electron chi connectivity index (χ3n) is 6.59. The lowest BCUT2D eigenvalue weighted by molar-refractivity contribution is 0.0877.